The van der Waals surface area contributed by atoms with Crippen molar-refractivity contribution in [3.63, 3.8) is 0 Å². The van der Waals surface area contributed by atoms with E-state index < -0.39 is 0 Å². The summed E-state index contributed by atoms with van der Waals surface area (Å²) in [5.41, 5.74) is 7.38. The van der Waals surface area contributed by atoms with Gasteiger partial charge in [0, 0.05) is 25.2 Å². The average Bonchev–Trinajstić information content (AvgIpc) is 2.68. The molecule has 3 heteroatoms. The molecule has 1 heterocycles. The summed E-state index contributed by atoms with van der Waals surface area (Å²) < 4.78 is 0. The maximum Gasteiger partial charge on any atom is 0.0346 e. The molecule has 1 aliphatic heterocycles. The highest BCUT2D eigenvalue weighted by Gasteiger charge is 2.25. The predicted octanol–water partition coefficient (Wildman–Crippen LogP) is 2.59. The van der Waals surface area contributed by atoms with Crippen LogP contribution in [0, 0.1) is 0 Å². The summed E-state index contributed by atoms with van der Waals surface area (Å²) in [6.45, 7) is 4.45. The van der Waals surface area contributed by atoms with E-state index in [4.69, 9.17) is 5.73 Å². The second kappa shape index (κ2) is 6.24. The third-order valence-electron chi connectivity index (χ3n) is 3.27. The van der Waals surface area contributed by atoms with E-state index in [9.17, 15) is 0 Å². The minimum absolute atomic E-state index is 0. The van der Waals surface area contributed by atoms with Crippen LogP contribution in [0.3, 0.4) is 0 Å². The highest BCUT2D eigenvalue weighted by atomic mass is 35.5. The zero-order chi connectivity index (χ0) is 10.7. The first kappa shape index (κ1) is 13.5. The zero-order valence-electron chi connectivity index (χ0n) is 9.80. The molecule has 0 aliphatic carbocycles. The van der Waals surface area contributed by atoms with Crippen LogP contribution in [-0.4, -0.2) is 24.0 Å². The normalized spacial score (nSPS) is 22.8. The monoisotopic (exact) mass is 240 g/mol. The number of benzene rings is 1. The molecule has 2 atom stereocenters. The molecule has 1 fully saturated rings. The minimum atomic E-state index is 0. The number of rotatable bonds is 3. The van der Waals surface area contributed by atoms with Gasteiger partial charge in [-0.05, 0) is 18.4 Å². The Hall–Kier alpha value is -0.570. The van der Waals surface area contributed by atoms with E-state index >= 15 is 0 Å². The molecule has 0 amide bonds. The Kier molecular flexibility index (Phi) is 5.26. The number of halogens is 1. The molecule has 1 unspecified atom stereocenters. The fourth-order valence-electron chi connectivity index (χ4n) is 2.48. The maximum absolute atomic E-state index is 5.95. The van der Waals surface area contributed by atoms with Crippen LogP contribution in [-0.2, 0) is 0 Å². The van der Waals surface area contributed by atoms with Crippen LogP contribution in [0.5, 0.6) is 0 Å². The molecule has 1 saturated heterocycles. The van der Waals surface area contributed by atoms with Crippen LogP contribution < -0.4 is 5.73 Å². The summed E-state index contributed by atoms with van der Waals surface area (Å²) in [4.78, 5) is 2.51. The quantitative estimate of drug-likeness (QED) is 0.880. The summed E-state index contributed by atoms with van der Waals surface area (Å²) in [6, 6.07) is 11.7. The molecule has 0 bridgehead atoms. The summed E-state index contributed by atoms with van der Waals surface area (Å²) >= 11 is 0. The second-order valence-electron chi connectivity index (χ2n) is 4.38. The minimum Gasteiger partial charge on any atom is -0.326 e. The number of hydrogen-bond acceptors (Lipinski definition) is 2. The molecule has 1 aromatic carbocycles. The van der Waals surface area contributed by atoms with E-state index in [0.717, 1.165) is 25.9 Å². The van der Waals surface area contributed by atoms with Crippen LogP contribution >= 0.6 is 12.4 Å². The van der Waals surface area contributed by atoms with E-state index in [0.29, 0.717) is 12.1 Å². The smallest absolute Gasteiger partial charge is 0.0346 e. The van der Waals surface area contributed by atoms with E-state index in [1.165, 1.54) is 5.56 Å². The standard InChI is InChI=1S/C13H20N2.ClH/c1-2-13(11-6-4-3-5-7-11)15-9-8-12(14)10-15;/h3-7,12-13H,2,8-10,14H2,1H3;1H/t12-,13?;/m0./s1. The van der Waals surface area contributed by atoms with Gasteiger partial charge >= 0.3 is 0 Å². The summed E-state index contributed by atoms with van der Waals surface area (Å²) in [7, 11) is 0. The van der Waals surface area contributed by atoms with Crippen LogP contribution in [0.4, 0.5) is 0 Å². The lowest BCUT2D eigenvalue weighted by molar-refractivity contribution is 0.236. The van der Waals surface area contributed by atoms with Gasteiger partial charge in [-0.15, -0.1) is 12.4 Å². The Morgan fingerprint density at radius 3 is 2.56 bits per heavy atom. The lowest BCUT2D eigenvalue weighted by atomic mass is 10.0. The average molecular weight is 241 g/mol. The summed E-state index contributed by atoms with van der Waals surface area (Å²) in [5.74, 6) is 0. The van der Waals surface area contributed by atoms with Gasteiger partial charge in [-0.3, -0.25) is 4.90 Å². The van der Waals surface area contributed by atoms with Crippen molar-refractivity contribution in [1.82, 2.24) is 4.90 Å². The number of hydrogen-bond donors (Lipinski definition) is 1. The molecule has 0 aromatic heterocycles. The van der Waals surface area contributed by atoms with E-state index in [-0.39, 0.29) is 12.4 Å². The van der Waals surface area contributed by atoms with Crippen molar-refractivity contribution in [3.05, 3.63) is 35.9 Å². The predicted molar refractivity (Wildman–Crippen MR) is 70.9 cm³/mol. The Bertz CT molecular complexity index is 302. The van der Waals surface area contributed by atoms with E-state index in [1.54, 1.807) is 0 Å². The van der Waals surface area contributed by atoms with E-state index in [2.05, 4.69) is 42.2 Å². The fourth-order valence-corrected chi connectivity index (χ4v) is 2.48. The van der Waals surface area contributed by atoms with Gasteiger partial charge < -0.3 is 5.73 Å². The third kappa shape index (κ3) is 2.97. The maximum atomic E-state index is 5.95. The molecule has 2 N–H and O–H groups in total. The van der Waals surface area contributed by atoms with Gasteiger partial charge in [-0.1, -0.05) is 37.3 Å². The van der Waals surface area contributed by atoms with E-state index in [1.807, 2.05) is 0 Å². The van der Waals surface area contributed by atoms with Gasteiger partial charge in [0.25, 0.3) is 0 Å². The number of likely N-dealkylation sites (tertiary alicyclic amines) is 1. The van der Waals surface area contributed by atoms with Crippen molar-refractivity contribution in [2.75, 3.05) is 13.1 Å². The van der Waals surface area contributed by atoms with Crippen molar-refractivity contribution in [2.24, 2.45) is 5.73 Å². The molecule has 2 nitrogen and oxygen atoms in total. The van der Waals surface area contributed by atoms with Crippen molar-refractivity contribution in [2.45, 2.75) is 31.8 Å². The van der Waals surface area contributed by atoms with Crippen LogP contribution in [0.2, 0.25) is 0 Å². The van der Waals surface area contributed by atoms with Crippen molar-refractivity contribution >= 4 is 12.4 Å². The largest absolute Gasteiger partial charge is 0.326 e. The molecular weight excluding hydrogens is 220 g/mol. The fraction of sp³-hybridized carbons (Fsp3) is 0.538. The molecule has 1 aromatic rings. The summed E-state index contributed by atoms with van der Waals surface area (Å²) in [6.07, 6.45) is 2.31. The topological polar surface area (TPSA) is 29.3 Å². The highest BCUT2D eigenvalue weighted by Crippen LogP contribution is 2.27. The van der Waals surface area contributed by atoms with Gasteiger partial charge in [-0.25, -0.2) is 0 Å². The molecule has 2 rings (SSSR count). The Morgan fingerprint density at radius 2 is 2.06 bits per heavy atom. The van der Waals surface area contributed by atoms with Gasteiger partial charge in [-0.2, -0.15) is 0 Å². The van der Waals surface area contributed by atoms with Crippen LogP contribution in [0.15, 0.2) is 30.3 Å². The first-order valence-corrected chi connectivity index (χ1v) is 5.86. The Balaban J connectivity index is 0.00000128. The Labute approximate surface area is 104 Å². The van der Waals surface area contributed by atoms with Crippen LogP contribution in [0.1, 0.15) is 31.4 Å². The van der Waals surface area contributed by atoms with Gasteiger partial charge in [0.2, 0.25) is 0 Å². The summed E-state index contributed by atoms with van der Waals surface area (Å²) in [5, 5.41) is 0. The first-order valence-electron chi connectivity index (χ1n) is 5.86. The highest BCUT2D eigenvalue weighted by molar-refractivity contribution is 5.85. The first-order chi connectivity index (χ1) is 7.31. The third-order valence-corrected chi connectivity index (χ3v) is 3.27. The lowest BCUT2D eigenvalue weighted by Crippen LogP contribution is -2.29. The molecule has 16 heavy (non-hydrogen) atoms. The van der Waals surface area contributed by atoms with Crippen molar-refractivity contribution in [3.8, 4) is 0 Å². The number of nitrogens with zero attached hydrogens (tertiary/aromatic N) is 1. The Morgan fingerprint density at radius 1 is 1.38 bits per heavy atom. The van der Waals surface area contributed by atoms with Gasteiger partial charge in [0.05, 0.1) is 0 Å². The molecule has 90 valence electrons. The molecule has 0 radical (unpaired) electrons. The molecular formula is C13H21ClN2. The molecule has 0 saturated carbocycles. The zero-order valence-corrected chi connectivity index (χ0v) is 10.6. The lowest BCUT2D eigenvalue weighted by Gasteiger charge is -2.27. The van der Waals surface area contributed by atoms with Gasteiger partial charge in [0.1, 0.15) is 0 Å². The van der Waals surface area contributed by atoms with Crippen molar-refractivity contribution < 1.29 is 0 Å². The van der Waals surface area contributed by atoms with Crippen molar-refractivity contribution in [1.29, 1.82) is 0 Å². The number of nitrogens with two attached hydrogens (primary N) is 1. The SMILES string of the molecule is CCC(c1ccccc1)N1CC[C@H](N)C1.Cl. The molecule has 1 aliphatic rings. The van der Waals surface area contributed by atoms with Gasteiger partial charge in [0.15, 0.2) is 0 Å². The molecule has 0 spiro atoms. The van der Waals surface area contributed by atoms with Crippen LogP contribution in [0.25, 0.3) is 0 Å². The second-order valence-corrected chi connectivity index (χ2v) is 4.38.